The van der Waals surface area contributed by atoms with Gasteiger partial charge in [-0.25, -0.2) is 0 Å². The van der Waals surface area contributed by atoms with Gasteiger partial charge in [-0.2, -0.15) is 0 Å². The molecule has 0 bridgehead atoms. The molecule has 0 amide bonds. The highest BCUT2D eigenvalue weighted by molar-refractivity contribution is 6.31. The first-order valence-electron chi connectivity index (χ1n) is 5.19. The molecular formula is C13H19Cl. The molecule has 0 N–H and O–H groups in total. The van der Waals surface area contributed by atoms with Crippen molar-refractivity contribution in [2.75, 3.05) is 0 Å². The van der Waals surface area contributed by atoms with Crippen LogP contribution >= 0.6 is 11.6 Å². The van der Waals surface area contributed by atoms with Gasteiger partial charge in [-0.15, -0.1) is 0 Å². The quantitative estimate of drug-likeness (QED) is 0.683. The lowest BCUT2D eigenvalue weighted by Crippen LogP contribution is -2.13. The molecule has 1 heteroatoms. The maximum Gasteiger partial charge on any atom is 0.0437 e. The minimum atomic E-state index is 0.374. The second-order valence-corrected chi connectivity index (χ2v) is 5.19. The Balaban J connectivity index is 2.83. The fraction of sp³-hybridized carbons (Fsp3) is 0.538. The van der Waals surface area contributed by atoms with E-state index in [1.165, 1.54) is 12.0 Å². The van der Waals surface area contributed by atoms with Crippen molar-refractivity contribution in [2.45, 2.75) is 40.5 Å². The molecule has 0 aromatic heterocycles. The summed E-state index contributed by atoms with van der Waals surface area (Å²) < 4.78 is 0. The van der Waals surface area contributed by atoms with E-state index in [0.717, 1.165) is 17.0 Å². The van der Waals surface area contributed by atoms with E-state index in [-0.39, 0.29) is 0 Å². The summed E-state index contributed by atoms with van der Waals surface area (Å²) in [6.45, 7) is 8.86. The van der Waals surface area contributed by atoms with Crippen LogP contribution < -0.4 is 0 Å². The third kappa shape index (κ3) is 3.02. The predicted octanol–water partition coefficient (Wildman–Crippen LogP) is 4.63. The Hall–Kier alpha value is -0.490. The number of hydrogen-bond donors (Lipinski definition) is 0. The van der Waals surface area contributed by atoms with Gasteiger partial charge in [-0.1, -0.05) is 50.9 Å². The van der Waals surface area contributed by atoms with Crippen molar-refractivity contribution < 1.29 is 0 Å². The molecule has 0 atom stereocenters. The van der Waals surface area contributed by atoms with Crippen LogP contribution in [0.4, 0.5) is 0 Å². The van der Waals surface area contributed by atoms with E-state index in [2.05, 4.69) is 39.0 Å². The van der Waals surface area contributed by atoms with E-state index in [4.69, 9.17) is 11.6 Å². The lowest BCUT2D eigenvalue weighted by molar-refractivity contribution is 0.349. The molecule has 0 aliphatic heterocycles. The van der Waals surface area contributed by atoms with Gasteiger partial charge >= 0.3 is 0 Å². The topological polar surface area (TPSA) is 0 Å². The summed E-state index contributed by atoms with van der Waals surface area (Å²) in [7, 11) is 0. The third-order valence-electron chi connectivity index (χ3n) is 2.88. The van der Waals surface area contributed by atoms with Gasteiger partial charge in [0.15, 0.2) is 0 Å². The molecule has 0 unspecified atom stereocenters. The van der Waals surface area contributed by atoms with Gasteiger partial charge in [-0.05, 0) is 36.0 Å². The summed E-state index contributed by atoms with van der Waals surface area (Å²) >= 11 is 6.09. The highest BCUT2D eigenvalue weighted by Gasteiger charge is 2.15. The van der Waals surface area contributed by atoms with Crippen LogP contribution in [0.2, 0.25) is 5.02 Å². The van der Waals surface area contributed by atoms with Crippen LogP contribution in [0.1, 0.15) is 38.3 Å². The van der Waals surface area contributed by atoms with E-state index in [1.54, 1.807) is 0 Å². The maximum atomic E-state index is 6.09. The van der Waals surface area contributed by atoms with Crippen LogP contribution in [-0.2, 0) is 6.42 Å². The number of aryl methyl sites for hydroxylation is 1. The third-order valence-corrected chi connectivity index (χ3v) is 3.28. The number of halogens is 1. The average Bonchev–Trinajstić information content (AvgIpc) is 2.11. The first kappa shape index (κ1) is 11.6. The smallest absolute Gasteiger partial charge is 0.0437 e. The Bertz CT molecular complexity index is 313. The minimum absolute atomic E-state index is 0.374. The van der Waals surface area contributed by atoms with Gasteiger partial charge in [0.2, 0.25) is 0 Å². The Morgan fingerprint density at radius 1 is 1.29 bits per heavy atom. The van der Waals surface area contributed by atoms with Gasteiger partial charge in [0, 0.05) is 5.02 Å². The van der Waals surface area contributed by atoms with Crippen molar-refractivity contribution in [3.8, 4) is 0 Å². The summed E-state index contributed by atoms with van der Waals surface area (Å²) in [5.74, 6) is 0. The molecule has 0 radical (unpaired) electrons. The average molecular weight is 211 g/mol. The highest BCUT2D eigenvalue weighted by Crippen LogP contribution is 2.27. The van der Waals surface area contributed by atoms with Gasteiger partial charge in [0.25, 0.3) is 0 Å². The summed E-state index contributed by atoms with van der Waals surface area (Å²) in [5, 5.41) is 0.884. The van der Waals surface area contributed by atoms with E-state index < -0.39 is 0 Å². The minimum Gasteiger partial charge on any atom is -0.0840 e. The summed E-state index contributed by atoms with van der Waals surface area (Å²) in [6, 6.07) is 6.37. The van der Waals surface area contributed by atoms with Crippen LogP contribution in [0, 0.1) is 12.3 Å². The first-order chi connectivity index (χ1) is 6.44. The molecule has 0 saturated carbocycles. The largest absolute Gasteiger partial charge is 0.0840 e. The molecule has 78 valence electrons. The SMILES string of the molecule is CCC(C)(C)Cc1ccc(C)c(Cl)c1. The summed E-state index contributed by atoms with van der Waals surface area (Å²) in [6.07, 6.45) is 2.29. The predicted molar refractivity (Wildman–Crippen MR) is 64.0 cm³/mol. The maximum absolute atomic E-state index is 6.09. The molecule has 0 fully saturated rings. The lowest BCUT2D eigenvalue weighted by atomic mass is 9.83. The molecule has 1 aromatic carbocycles. The molecule has 0 aliphatic rings. The molecule has 1 aromatic rings. The monoisotopic (exact) mass is 210 g/mol. The van der Waals surface area contributed by atoms with E-state index in [9.17, 15) is 0 Å². The van der Waals surface area contributed by atoms with Crippen LogP contribution in [0.5, 0.6) is 0 Å². The molecule has 0 aliphatic carbocycles. The second-order valence-electron chi connectivity index (χ2n) is 4.78. The molecule has 0 spiro atoms. The zero-order valence-corrected chi connectivity index (χ0v) is 10.3. The van der Waals surface area contributed by atoms with Crippen molar-refractivity contribution >= 4 is 11.6 Å². The Labute approximate surface area is 92.3 Å². The van der Waals surface area contributed by atoms with E-state index >= 15 is 0 Å². The van der Waals surface area contributed by atoms with Crippen LogP contribution in [-0.4, -0.2) is 0 Å². The lowest BCUT2D eigenvalue weighted by Gasteiger charge is -2.22. The zero-order chi connectivity index (χ0) is 10.8. The number of hydrogen-bond acceptors (Lipinski definition) is 0. The molecule has 0 nitrogen and oxygen atoms in total. The fourth-order valence-corrected chi connectivity index (χ4v) is 1.63. The first-order valence-corrected chi connectivity index (χ1v) is 5.57. The summed E-state index contributed by atoms with van der Waals surface area (Å²) in [4.78, 5) is 0. The molecule has 0 saturated heterocycles. The van der Waals surface area contributed by atoms with Crippen LogP contribution in [0.15, 0.2) is 18.2 Å². The van der Waals surface area contributed by atoms with E-state index in [0.29, 0.717) is 5.41 Å². The van der Waals surface area contributed by atoms with Crippen molar-refractivity contribution in [3.63, 3.8) is 0 Å². The second kappa shape index (κ2) is 4.35. The van der Waals surface area contributed by atoms with Gasteiger partial charge < -0.3 is 0 Å². The number of benzene rings is 1. The van der Waals surface area contributed by atoms with Gasteiger partial charge in [0.05, 0.1) is 0 Å². The molecule has 0 heterocycles. The van der Waals surface area contributed by atoms with Crippen molar-refractivity contribution in [3.05, 3.63) is 34.3 Å². The highest BCUT2D eigenvalue weighted by atomic mass is 35.5. The van der Waals surface area contributed by atoms with Crippen molar-refractivity contribution in [1.82, 2.24) is 0 Å². The standard InChI is InChI=1S/C13H19Cl/c1-5-13(3,4)9-11-7-6-10(2)12(14)8-11/h6-8H,5,9H2,1-4H3. The number of rotatable bonds is 3. The molecule has 14 heavy (non-hydrogen) atoms. The summed E-state index contributed by atoms with van der Waals surface area (Å²) in [5.41, 5.74) is 2.87. The van der Waals surface area contributed by atoms with Crippen molar-refractivity contribution in [2.24, 2.45) is 5.41 Å². The van der Waals surface area contributed by atoms with Crippen LogP contribution in [0.3, 0.4) is 0 Å². The van der Waals surface area contributed by atoms with Gasteiger partial charge in [0.1, 0.15) is 0 Å². The molecular weight excluding hydrogens is 192 g/mol. The van der Waals surface area contributed by atoms with Crippen molar-refractivity contribution in [1.29, 1.82) is 0 Å². The molecule has 1 rings (SSSR count). The Kier molecular flexibility index (Phi) is 3.60. The van der Waals surface area contributed by atoms with Crippen LogP contribution in [0.25, 0.3) is 0 Å². The van der Waals surface area contributed by atoms with E-state index in [1.807, 2.05) is 6.92 Å². The van der Waals surface area contributed by atoms with Gasteiger partial charge in [-0.3, -0.25) is 0 Å². The Morgan fingerprint density at radius 3 is 2.43 bits per heavy atom. The Morgan fingerprint density at radius 2 is 1.93 bits per heavy atom. The zero-order valence-electron chi connectivity index (χ0n) is 9.52. The normalized spacial score (nSPS) is 11.8. The fourth-order valence-electron chi connectivity index (χ4n) is 1.42.